The summed E-state index contributed by atoms with van der Waals surface area (Å²) in [7, 11) is 0. The van der Waals surface area contributed by atoms with E-state index in [1.807, 2.05) is 12.1 Å². The third-order valence-electron chi connectivity index (χ3n) is 3.29. The van der Waals surface area contributed by atoms with Gasteiger partial charge in [0.25, 0.3) is 0 Å². The molecule has 1 aliphatic heterocycles. The molecule has 1 amide bonds. The second kappa shape index (κ2) is 6.92. The smallest absolute Gasteiger partial charge is 0.239 e. The number of hydrogen-bond donors (Lipinski definition) is 1. The van der Waals surface area contributed by atoms with Crippen molar-refractivity contribution in [1.82, 2.24) is 5.32 Å². The maximum Gasteiger partial charge on any atom is 0.239 e. The van der Waals surface area contributed by atoms with Crippen LogP contribution in [0.5, 0.6) is 0 Å². The lowest BCUT2D eigenvalue weighted by Gasteiger charge is -2.18. The lowest BCUT2D eigenvalue weighted by Crippen LogP contribution is -2.24. The minimum Gasteiger partial charge on any atom is -0.303 e. The summed E-state index contributed by atoms with van der Waals surface area (Å²) in [5.41, 5.74) is 2.40. The van der Waals surface area contributed by atoms with Crippen molar-refractivity contribution < 1.29 is 4.79 Å². The number of nitrogens with one attached hydrogen (secondary N) is 1. The first kappa shape index (κ1) is 16.5. The largest absolute Gasteiger partial charge is 0.303 e. The zero-order chi connectivity index (χ0) is 16.2. The van der Waals surface area contributed by atoms with E-state index < -0.39 is 0 Å². The van der Waals surface area contributed by atoms with Gasteiger partial charge in [-0.3, -0.25) is 4.79 Å². The van der Waals surface area contributed by atoms with Crippen LogP contribution in [0.15, 0.2) is 47.1 Å². The second-order valence-corrected chi connectivity index (χ2v) is 7.33. The zero-order valence-electron chi connectivity index (χ0n) is 13.2. The molecule has 0 bridgehead atoms. The fourth-order valence-electron chi connectivity index (χ4n) is 1.98. The van der Waals surface area contributed by atoms with Crippen LogP contribution in [0.25, 0.3) is 0 Å². The van der Waals surface area contributed by atoms with Crippen LogP contribution in [-0.2, 0) is 10.2 Å². The van der Waals surface area contributed by atoms with Crippen LogP contribution in [0.3, 0.4) is 0 Å². The summed E-state index contributed by atoms with van der Waals surface area (Å²) >= 11 is 1.39. The summed E-state index contributed by atoms with van der Waals surface area (Å²) in [6.07, 6.45) is 4.06. The Bertz CT molecular complexity index is 612. The van der Waals surface area contributed by atoms with Crippen LogP contribution in [0, 0.1) is 0 Å². The molecule has 1 aliphatic rings. The monoisotopic (exact) mass is 315 g/mol. The number of benzene rings is 1. The highest BCUT2D eigenvalue weighted by Crippen LogP contribution is 2.23. The lowest BCUT2D eigenvalue weighted by molar-refractivity contribution is -0.118. The molecule has 0 saturated carbocycles. The van der Waals surface area contributed by atoms with Gasteiger partial charge in [-0.1, -0.05) is 62.9 Å². The molecule has 4 nitrogen and oxygen atoms in total. The van der Waals surface area contributed by atoms with Crippen LogP contribution in [0.1, 0.15) is 38.3 Å². The highest BCUT2D eigenvalue weighted by atomic mass is 32.2. The Hall–Kier alpha value is -1.88. The Morgan fingerprint density at radius 2 is 2.00 bits per heavy atom. The van der Waals surface area contributed by atoms with Crippen molar-refractivity contribution in [3.05, 3.63) is 48.0 Å². The zero-order valence-corrected chi connectivity index (χ0v) is 14.0. The molecule has 1 aromatic rings. The predicted octanol–water partition coefficient (Wildman–Crippen LogP) is 3.48. The summed E-state index contributed by atoms with van der Waals surface area (Å²) in [5.74, 6) is -0.0339. The molecule has 116 valence electrons. The highest BCUT2D eigenvalue weighted by Gasteiger charge is 2.28. The predicted molar refractivity (Wildman–Crippen MR) is 94.5 cm³/mol. The number of amidine groups is 1. The highest BCUT2D eigenvalue weighted by molar-refractivity contribution is 8.15. The maximum atomic E-state index is 11.6. The van der Waals surface area contributed by atoms with E-state index in [1.165, 1.54) is 17.3 Å². The van der Waals surface area contributed by atoms with Crippen LogP contribution in [0.4, 0.5) is 0 Å². The van der Waals surface area contributed by atoms with E-state index in [0.717, 1.165) is 5.56 Å². The average molecular weight is 315 g/mol. The third-order valence-corrected chi connectivity index (χ3v) is 4.39. The molecular formula is C17H21N3OS. The Kier molecular flexibility index (Phi) is 5.19. The molecule has 0 aromatic heterocycles. The second-order valence-electron chi connectivity index (χ2n) is 6.14. The van der Waals surface area contributed by atoms with Gasteiger partial charge in [0, 0.05) is 0 Å². The fourth-order valence-corrected chi connectivity index (χ4v) is 2.90. The molecule has 1 heterocycles. The number of rotatable bonds is 4. The maximum absolute atomic E-state index is 11.6. The van der Waals surface area contributed by atoms with E-state index in [0.29, 0.717) is 11.6 Å². The molecule has 1 aromatic carbocycles. The number of nitrogens with zero attached hydrogens (tertiary/aromatic N) is 2. The van der Waals surface area contributed by atoms with E-state index in [1.54, 1.807) is 12.3 Å². The first-order valence-corrected chi connectivity index (χ1v) is 8.08. The lowest BCUT2D eigenvalue weighted by atomic mass is 9.87. The summed E-state index contributed by atoms with van der Waals surface area (Å²) < 4.78 is 0. The molecular weight excluding hydrogens is 294 g/mol. The van der Waals surface area contributed by atoms with Crippen molar-refractivity contribution in [2.24, 2.45) is 10.2 Å². The van der Waals surface area contributed by atoms with Gasteiger partial charge in [0.1, 0.15) is 0 Å². The van der Waals surface area contributed by atoms with Crippen molar-refractivity contribution in [3.63, 3.8) is 0 Å². The van der Waals surface area contributed by atoms with Crippen LogP contribution < -0.4 is 5.32 Å². The molecule has 1 saturated heterocycles. The number of hydrogen-bond acceptors (Lipinski definition) is 4. The SMILES string of the molecule is C=CC[C@H]1S/C(=N\N=C/c2ccc(C(C)(C)C)cc2)NC1=O. The summed E-state index contributed by atoms with van der Waals surface area (Å²) in [5, 5.41) is 11.2. The molecule has 0 spiro atoms. The molecule has 0 radical (unpaired) electrons. The van der Waals surface area contributed by atoms with E-state index >= 15 is 0 Å². The van der Waals surface area contributed by atoms with Crippen LogP contribution in [-0.4, -0.2) is 22.5 Å². The molecule has 22 heavy (non-hydrogen) atoms. The number of allylic oxidation sites excluding steroid dienone is 1. The van der Waals surface area contributed by atoms with E-state index in [2.05, 4.69) is 55.0 Å². The van der Waals surface area contributed by atoms with Crippen molar-refractivity contribution in [2.75, 3.05) is 0 Å². The number of thioether (sulfide) groups is 1. The van der Waals surface area contributed by atoms with Gasteiger partial charge in [0.2, 0.25) is 5.91 Å². The summed E-state index contributed by atoms with van der Waals surface area (Å²) in [4.78, 5) is 11.6. The van der Waals surface area contributed by atoms with E-state index in [9.17, 15) is 4.79 Å². The normalized spacial score (nSPS) is 20.6. The van der Waals surface area contributed by atoms with Gasteiger partial charge < -0.3 is 5.32 Å². The molecule has 2 rings (SSSR count). The first-order valence-electron chi connectivity index (χ1n) is 7.20. The molecule has 1 fully saturated rings. The van der Waals surface area contributed by atoms with Gasteiger partial charge in [-0.15, -0.1) is 11.7 Å². The van der Waals surface area contributed by atoms with Gasteiger partial charge >= 0.3 is 0 Å². The van der Waals surface area contributed by atoms with Gasteiger partial charge in [0.05, 0.1) is 11.5 Å². The number of carbonyl (C=O) groups excluding carboxylic acids is 1. The first-order chi connectivity index (χ1) is 10.4. The number of amides is 1. The quantitative estimate of drug-likeness (QED) is 0.525. The minimum atomic E-state index is -0.141. The molecule has 0 aliphatic carbocycles. The number of carbonyl (C=O) groups is 1. The molecule has 0 unspecified atom stereocenters. The Balaban J connectivity index is 1.99. The van der Waals surface area contributed by atoms with Crippen LogP contribution in [0.2, 0.25) is 0 Å². The van der Waals surface area contributed by atoms with E-state index in [-0.39, 0.29) is 16.6 Å². The van der Waals surface area contributed by atoms with Crippen LogP contribution >= 0.6 is 11.8 Å². The summed E-state index contributed by atoms with van der Waals surface area (Å²) in [6, 6.07) is 8.23. The van der Waals surface area contributed by atoms with E-state index in [4.69, 9.17) is 0 Å². The van der Waals surface area contributed by atoms with Crippen molar-refractivity contribution in [3.8, 4) is 0 Å². The van der Waals surface area contributed by atoms with Crippen molar-refractivity contribution in [1.29, 1.82) is 0 Å². The van der Waals surface area contributed by atoms with Gasteiger partial charge in [0.15, 0.2) is 5.17 Å². The Morgan fingerprint density at radius 3 is 2.59 bits per heavy atom. The summed E-state index contributed by atoms with van der Waals surface area (Å²) in [6.45, 7) is 10.2. The van der Waals surface area contributed by atoms with Gasteiger partial charge in [-0.25, -0.2) is 0 Å². The van der Waals surface area contributed by atoms with Crippen molar-refractivity contribution in [2.45, 2.75) is 37.9 Å². The standard InChI is InChI=1S/C17H21N3OS/c1-5-6-14-15(21)19-16(22-14)20-18-11-12-7-9-13(10-8-12)17(2,3)4/h5,7-11,14H,1,6H2,2-4H3,(H,19,20,21)/b18-11-/t14-/m1/s1. The average Bonchev–Trinajstić information content (AvgIpc) is 2.79. The molecule has 1 atom stereocenters. The van der Waals surface area contributed by atoms with Gasteiger partial charge in [-0.05, 0) is 23.0 Å². The fraction of sp³-hybridized carbons (Fsp3) is 0.353. The molecule has 5 heteroatoms. The Labute approximate surface area is 135 Å². The Morgan fingerprint density at radius 1 is 1.32 bits per heavy atom. The van der Waals surface area contributed by atoms with Crippen molar-refractivity contribution >= 4 is 29.1 Å². The molecule has 1 N–H and O–H groups in total. The minimum absolute atomic E-state index is 0.0339. The van der Waals surface area contributed by atoms with Gasteiger partial charge in [-0.2, -0.15) is 5.10 Å². The topological polar surface area (TPSA) is 53.8 Å². The third kappa shape index (κ3) is 4.31.